The van der Waals surface area contributed by atoms with Gasteiger partial charge in [-0.1, -0.05) is 0 Å². The Labute approximate surface area is 112 Å². The average Bonchev–Trinajstić information content (AvgIpc) is 0. The molecule has 0 aliphatic heterocycles. The van der Waals surface area contributed by atoms with Gasteiger partial charge in [0.1, 0.15) is 0 Å². The predicted octanol–water partition coefficient (Wildman–Crippen LogP) is 1.28. The van der Waals surface area contributed by atoms with Crippen molar-refractivity contribution >= 4 is 114 Å². The second-order valence-corrected chi connectivity index (χ2v) is 0. The maximum Gasteiger partial charge on any atom is 0 e. The number of halogens is 5. The summed E-state index contributed by atoms with van der Waals surface area (Å²) in [6.07, 6.45) is 0. The van der Waals surface area contributed by atoms with Crippen molar-refractivity contribution in [2.45, 2.75) is 0 Å². The Kier molecular flexibility index (Phi) is 769. The van der Waals surface area contributed by atoms with E-state index in [0.717, 1.165) is 0 Å². The Hall–Kier alpha value is 3.11. The molecule has 46 valence electrons. The van der Waals surface area contributed by atoms with E-state index < -0.39 is 0 Å². The molecule has 0 saturated heterocycles. The van der Waals surface area contributed by atoms with Crippen LogP contribution in [0.1, 0.15) is 0 Å². The minimum atomic E-state index is 0. The molecule has 0 unspecified atom stereocenters. The summed E-state index contributed by atoms with van der Waals surface area (Å²) in [6, 6.07) is 0. The van der Waals surface area contributed by atoms with E-state index in [1.165, 1.54) is 0 Å². The van der Waals surface area contributed by atoms with E-state index in [4.69, 9.17) is 0 Å². The third-order valence-electron chi connectivity index (χ3n) is 0. The van der Waals surface area contributed by atoms with Crippen LogP contribution < -0.4 is 0 Å². The van der Waals surface area contributed by atoms with E-state index in [2.05, 4.69) is 0 Å². The van der Waals surface area contributed by atoms with Crippen LogP contribution in [0, 0.1) is 0 Å². The molecule has 0 rings (SSSR count). The molecule has 4 radical (unpaired) electrons. The van der Waals surface area contributed by atoms with Gasteiger partial charge in [-0.25, -0.2) is 0 Å². The van der Waals surface area contributed by atoms with Crippen molar-refractivity contribution in [3.05, 3.63) is 0 Å². The summed E-state index contributed by atoms with van der Waals surface area (Å²) in [7, 11) is 0. The number of hydrogen-bond donors (Lipinski definition) is 0. The van der Waals surface area contributed by atoms with Gasteiger partial charge in [0.25, 0.3) is 0 Å². The van der Waals surface area contributed by atoms with Crippen molar-refractivity contribution in [1.82, 2.24) is 0 Å². The van der Waals surface area contributed by atoms with Crippen molar-refractivity contribution in [3.8, 4) is 0 Å². The van der Waals surface area contributed by atoms with Gasteiger partial charge in [-0.05, 0) is 0 Å². The maximum absolute atomic E-state index is 0. The molecule has 7 heavy (non-hydrogen) atoms. The van der Waals surface area contributed by atoms with E-state index in [-0.39, 0.29) is 114 Å². The van der Waals surface area contributed by atoms with E-state index in [1.807, 2.05) is 0 Å². The largest absolute Gasteiger partial charge is 0 e. The minimum Gasteiger partial charge on any atom is 0 e. The molecule has 0 amide bonds. The van der Waals surface area contributed by atoms with Gasteiger partial charge in [0.05, 0.1) is 0 Å². The van der Waals surface area contributed by atoms with E-state index >= 15 is 0 Å². The van der Waals surface area contributed by atoms with Crippen LogP contribution in [0.2, 0.25) is 0 Å². The summed E-state index contributed by atoms with van der Waals surface area (Å²) in [6.45, 7) is 0. The predicted molar refractivity (Wildman–Crippen MR) is 57.3 cm³/mol. The fourth-order valence-corrected chi connectivity index (χ4v) is 0. The van der Waals surface area contributed by atoms with Crippen molar-refractivity contribution in [1.29, 1.82) is 0 Å². The van der Waals surface area contributed by atoms with Crippen LogP contribution in [0.15, 0.2) is 0 Å². The summed E-state index contributed by atoms with van der Waals surface area (Å²) < 4.78 is 0. The van der Waals surface area contributed by atoms with Gasteiger partial charge in [-0.15, -0.1) is 73.6 Å². The van der Waals surface area contributed by atoms with Gasteiger partial charge >= 0.3 is 29.6 Å². The molecule has 0 spiro atoms. The maximum atomic E-state index is 0. The molecule has 0 aromatic heterocycles. The van der Waals surface area contributed by atoms with Gasteiger partial charge in [-0.3, -0.25) is 0 Å². The Balaban J connectivity index is 0. The standard InChI is InChI=1S/4ClH.HI.Na.Si.H/h5*1H;;;. The van der Waals surface area contributed by atoms with E-state index in [1.54, 1.807) is 0 Å². The number of rotatable bonds is 0. The summed E-state index contributed by atoms with van der Waals surface area (Å²) in [5.74, 6) is 0. The third-order valence-corrected chi connectivity index (χ3v) is 0. The quantitative estimate of drug-likeness (QED) is 0.465. The van der Waals surface area contributed by atoms with Crippen LogP contribution in [0.25, 0.3) is 0 Å². The summed E-state index contributed by atoms with van der Waals surface area (Å²) >= 11 is 0. The Morgan fingerprint density at radius 1 is 0.571 bits per heavy atom. The van der Waals surface area contributed by atoms with E-state index in [0.29, 0.717) is 0 Å². The molecule has 7 heteroatoms. The molecule has 0 heterocycles. The normalized spacial score (nSPS) is 0. The molecule has 0 aliphatic carbocycles. The zero-order valence-corrected chi connectivity index (χ0v) is 9.14. The molecule has 0 aliphatic rings. The molecular weight excluding hydrogens is 320 g/mol. The fraction of sp³-hybridized carbons (Fsp3) is 0. The van der Waals surface area contributed by atoms with Crippen LogP contribution in [0.4, 0.5) is 0 Å². The topological polar surface area (TPSA) is 0 Å². The van der Waals surface area contributed by atoms with Crippen molar-refractivity contribution in [2.24, 2.45) is 0 Å². The number of hydrogen-bond acceptors (Lipinski definition) is 0. The molecule has 0 aromatic rings. The van der Waals surface area contributed by atoms with Crippen LogP contribution in [-0.2, 0) is 0 Å². The summed E-state index contributed by atoms with van der Waals surface area (Å²) in [4.78, 5) is 0. The van der Waals surface area contributed by atoms with Crippen LogP contribution in [-0.4, -0.2) is 40.5 Å². The molecule has 0 atom stereocenters. The zero-order valence-electron chi connectivity index (χ0n) is 2.54. The van der Waals surface area contributed by atoms with Crippen LogP contribution in [0.3, 0.4) is 0 Å². The van der Waals surface area contributed by atoms with Gasteiger partial charge in [0, 0.05) is 11.0 Å². The van der Waals surface area contributed by atoms with Crippen molar-refractivity contribution in [3.63, 3.8) is 0 Å². The summed E-state index contributed by atoms with van der Waals surface area (Å²) in [5.41, 5.74) is 0. The van der Waals surface area contributed by atoms with Crippen molar-refractivity contribution < 1.29 is 0 Å². The van der Waals surface area contributed by atoms with Gasteiger partial charge in [0.15, 0.2) is 0 Å². The first kappa shape index (κ1) is 86.8. The molecule has 0 nitrogen and oxygen atoms in total. The first-order chi connectivity index (χ1) is 0. The Morgan fingerprint density at radius 3 is 0.571 bits per heavy atom. The van der Waals surface area contributed by atoms with Crippen LogP contribution >= 0.6 is 73.6 Å². The third kappa shape index (κ3) is 47.7. The molecule has 0 fully saturated rings. The Morgan fingerprint density at radius 2 is 0.571 bits per heavy atom. The fourth-order valence-electron chi connectivity index (χ4n) is 0. The molecular formula is H6Cl4INaSi. The molecule has 0 saturated carbocycles. The monoisotopic (exact) mass is 324 g/mol. The van der Waals surface area contributed by atoms with Gasteiger partial charge < -0.3 is 0 Å². The van der Waals surface area contributed by atoms with Gasteiger partial charge in [0.2, 0.25) is 0 Å². The van der Waals surface area contributed by atoms with Gasteiger partial charge in [-0.2, -0.15) is 0 Å². The second-order valence-electron chi connectivity index (χ2n) is 0. The minimum absolute atomic E-state index is 0. The smallest absolute Gasteiger partial charge is 0 e. The van der Waals surface area contributed by atoms with Crippen molar-refractivity contribution in [2.75, 3.05) is 0 Å². The second kappa shape index (κ2) is 62.0. The molecule has 0 aromatic carbocycles. The zero-order chi connectivity index (χ0) is 0. The van der Waals surface area contributed by atoms with Crippen LogP contribution in [0.5, 0.6) is 0 Å². The Bertz CT molecular complexity index is 11.7. The first-order valence-electron chi connectivity index (χ1n) is 0. The molecule has 0 N–H and O–H groups in total. The SMILES string of the molecule is Cl.Cl.Cl.Cl.I.[NaH].[Si]. The average molecular weight is 326 g/mol. The summed E-state index contributed by atoms with van der Waals surface area (Å²) in [5, 5.41) is 0. The van der Waals surface area contributed by atoms with E-state index in [9.17, 15) is 0 Å². The molecule has 0 bridgehead atoms. The first-order valence-corrected chi connectivity index (χ1v) is 0.